The number of rotatable bonds is 10. The molecule has 1 aliphatic carbocycles. The lowest BCUT2D eigenvalue weighted by Gasteiger charge is -2.23. The fraction of sp³-hybridized carbons (Fsp3) is 0.684. The van der Waals surface area contributed by atoms with Gasteiger partial charge in [0, 0.05) is 13.1 Å². The van der Waals surface area contributed by atoms with Crippen LogP contribution in [0, 0.1) is 17.7 Å². The Morgan fingerprint density at radius 3 is 2.74 bits per heavy atom. The van der Waals surface area contributed by atoms with Crippen molar-refractivity contribution in [2.24, 2.45) is 11.8 Å². The van der Waals surface area contributed by atoms with Gasteiger partial charge in [-0.05, 0) is 25.0 Å². The number of aliphatic hydroxyl groups is 1. The summed E-state index contributed by atoms with van der Waals surface area (Å²) in [5.41, 5.74) is 5.01. The molecule has 12 heteroatoms. The first-order valence-electron chi connectivity index (χ1n) is 10.4. The monoisotopic (exact) mass is 456 g/mol. The van der Waals surface area contributed by atoms with E-state index in [0.717, 1.165) is 25.7 Å². The van der Waals surface area contributed by atoms with Gasteiger partial charge >= 0.3 is 0 Å². The second kappa shape index (κ2) is 10.9. The van der Waals surface area contributed by atoms with Gasteiger partial charge in [-0.1, -0.05) is 37.4 Å². The number of aliphatic hydroxyl groups excluding tert-OH is 1. The Hall–Kier alpha value is -2.18. The summed E-state index contributed by atoms with van der Waals surface area (Å²) >= 11 is 1.23. The van der Waals surface area contributed by atoms with Crippen LogP contribution in [0.1, 0.15) is 38.5 Å². The minimum atomic E-state index is -0.726. The molecule has 0 bridgehead atoms. The molecule has 1 saturated heterocycles. The van der Waals surface area contributed by atoms with Crippen molar-refractivity contribution in [3.05, 3.63) is 5.82 Å². The van der Waals surface area contributed by atoms with Crippen LogP contribution < -0.4 is 15.8 Å². The lowest BCUT2D eigenvalue weighted by Crippen LogP contribution is -2.41. The number of nitrogens with zero attached hydrogens (tertiary/aromatic N) is 4. The number of aromatic nitrogens is 2. The first-order valence-corrected chi connectivity index (χ1v) is 11.6. The maximum absolute atomic E-state index is 15.0. The molecule has 10 nitrogen and oxygen atoms in total. The smallest absolute Gasteiger partial charge is 0.243 e. The van der Waals surface area contributed by atoms with Gasteiger partial charge in [-0.2, -0.15) is 4.39 Å². The molecule has 2 fully saturated rings. The van der Waals surface area contributed by atoms with Gasteiger partial charge < -0.3 is 10.0 Å². The van der Waals surface area contributed by atoms with Gasteiger partial charge in [0.15, 0.2) is 16.8 Å². The molecule has 4 N–H and O–H groups in total. The summed E-state index contributed by atoms with van der Waals surface area (Å²) in [5.74, 6) is -1.60. The zero-order valence-corrected chi connectivity index (χ0v) is 18.3. The number of anilines is 2. The first-order chi connectivity index (χ1) is 14.9. The lowest BCUT2D eigenvalue weighted by molar-refractivity contribution is -0.154. The summed E-state index contributed by atoms with van der Waals surface area (Å²) < 4.78 is 15.0. The van der Waals surface area contributed by atoms with Crippen LogP contribution in [0.15, 0.2) is 5.16 Å². The summed E-state index contributed by atoms with van der Waals surface area (Å²) in [5, 5.41) is 20.1. The Labute approximate surface area is 184 Å². The van der Waals surface area contributed by atoms with E-state index >= 15 is 4.39 Å². The van der Waals surface area contributed by atoms with E-state index in [2.05, 4.69) is 20.8 Å². The summed E-state index contributed by atoms with van der Waals surface area (Å²) in [4.78, 5) is 33.5. The van der Waals surface area contributed by atoms with Crippen LogP contribution in [-0.4, -0.2) is 69.7 Å². The van der Waals surface area contributed by atoms with Crippen molar-refractivity contribution in [2.75, 3.05) is 36.2 Å². The average Bonchev–Trinajstić information content (AvgIpc) is 3.43. The van der Waals surface area contributed by atoms with Gasteiger partial charge in [-0.3, -0.25) is 25.6 Å². The number of hydrogen-bond donors (Lipinski definition) is 4. The number of hydrogen-bond acceptors (Lipinski definition) is 9. The predicted molar refractivity (Wildman–Crippen MR) is 113 cm³/mol. The second-order valence-corrected chi connectivity index (χ2v) is 8.78. The highest BCUT2D eigenvalue weighted by molar-refractivity contribution is 7.98. The van der Waals surface area contributed by atoms with E-state index in [1.54, 1.807) is 11.2 Å². The fourth-order valence-corrected chi connectivity index (χ4v) is 4.50. The third kappa shape index (κ3) is 6.17. The van der Waals surface area contributed by atoms with Gasteiger partial charge in [0.1, 0.15) is 0 Å². The van der Waals surface area contributed by atoms with Gasteiger partial charge in [0.05, 0.1) is 18.6 Å². The standard InChI is InChI=1S/C19H29FN6O4S/c1-31-19-21-16(15(20)17(22-19)25-7-6-14(28)10-25)23-24-18(29)13(9-26(30)11-27)8-12-4-2-3-5-12/h11-14,28,30H,2-10H2,1H3,(H,24,29)(H,21,22,23)/t13-,14-/m1/s1. The molecule has 3 rings (SSSR count). The number of nitrogens with one attached hydrogen (secondary N) is 2. The van der Waals surface area contributed by atoms with Crippen LogP contribution >= 0.6 is 11.8 Å². The Kier molecular flexibility index (Phi) is 8.27. The highest BCUT2D eigenvalue weighted by Crippen LogP contribution is 2.31. The molecule has 2 heterocycles. The van der Waals surface area contributed by atoms with Crippen LogP contribution in [0.5, 0.6) is 0 Å². The van der Waals surface area contributed by atoms with E-state index in [4.69, 9.17) is 0 Å². The number of halogens is 1. The summed E-state index contributed by atoms with van der Waals surface area (Å²) in [6.07, 6.45) is 6.74. The average molecular weight is 457 g/mol. The molecule has 1 aliphatic heterocycles. The number of hydrazine groups is 1. The molecule has 2 aliphatic rings. The minimum absolute atomic E-state index is 0.0673. The first kappa shape index (κ1) is 23.5. The van der Waals surface area contributed by atoms with Crippen LogP contribution in [0.25, 0.3) is 0 Å². The van der Waals surface area contributed by atoms with Gasteiger partial charge in [-0.25, -0.2) is 15.0 Å². The van der Waals surface area contributed by atoms with E-state index in [1.165, 1.54) is 11.8 Å². The van der Waals surface area contributed by atoms with Crippen molar-refractivity contribution in [3.63, 3.8) is 0 Å². The zero-order chi connectivity index (χ0) is 22.4. The molecule has 172 valence electrons. The van der Waals surface area contributed by atoms with Crippen LogP contribution in [0.4, 0.5) is 16.0 Å². The van der Waals surface area contributed by atoms with E-state index in [0.29, 0.717) is 35.5 Å². The Morgan fingerprint density at radius 1 is 1.39 bits per heavy atom. The summed E-state index contributed by atoms with van der Waals surface area (Å²) in [6, 6.07) is 0. The van der Waals surface area contributed by atoms with Crippen molar-refractivity contribution in [3.8, 4) is 0 Å². The molecule has 0 aromatic carbocycles. The largest absolute Gasteiger partial charge is 0.391 e. The highest BCUT2D eigenvalue weighted by Gasteiger charge is 2.29. The van der Waals surface area contributed by atoms with Crippen molar-refractivity contribution < 1.29 is 24.3 Å². The molecular weight excluding hydrogens is 427 g/mol. The molecule has 2 amide bonds. The SMILES string of the molecule is CSc1nc(NNC(=O)[C@H](CC2CCCC2)CN(O)C=O)c(F)c(N2CC[C@@H](O)C2)n1. The molecule has 1 aromatic rings. The molecular formula is C19H29FN6O4S. The quantitative estimate of drug-likeness (QED) is 0.136. The highest BCUT2D eigenvalue weighted by atomic mass is 32.2. The Balaban J connectivity index is 1.71. The summed E-state index contributed by atoms with van der Waals surface area (Å²) in [6.45, 7) is 0.595. The Morgan fingerprint density at radius 2 is 2.13 bits per heavy atom. The third-order valence-corrected chi connectivity index (χ3v) is 6.30. The molecule has 0 radical (unpaired) electrons. The number of hydroxylamine groups is 2. The number of carbonyl (C=O) groups excluding carboxylic acids is 2. The van der Waals surface area contributed by atoms with Crippen molar-refractivity contribution in [1.82, 2.24) is 20.5 Å². The summed E-state index contributed by atoms with van der Waals surface area (Å²) in [7, 11) is 0. The Bertz CT molecular complexity index is 782. The second-order valence-electron chi connectivity index (χ2n) is 8.01. The van der Waals surface area contributed by atoms with Crippen LogP contribution in [0.3, 0.4) is 0 Å². The molecule has 1 saturated carbocycles. The van der Waals surface area contributed by atoms with Gasteiger partial charge in [-0.15, -0.1) is 0 Å². The van der Waals surface area contributed by atoms with Crippen molar-refractivity contribution >= 4 is 35.7 Å². The fourth-order valence-electron chi connectivity index (χ4n) is 4.14. The maximum atomic E-state index is 15.0. The molecule has 0 unspecified atom stereocenters. The van der Waals surface area contributed by atoms with E-state index in [9.17, 15) is 19.9 Å². The maximum Gasteiger partial charge on any atom is 0.243 e. The predicted octanol–water partition coefficient (Wildman–Crippen LogP) is 1.40. The lowest BCUT2D eigenvalue weighted by atomic mass is 9.92. The molecule has 1 aromatic heterocycles. The molecule has 2 atom stereocenters. The van der Waals surface area contributed by atoms with Gasteiger partial charge in [0.2, 0.25) is 18.1 Å². The molecule has 31 heavy (non-hydrogen) atoms. The number of carbonyl (C=O) groups is 2. The number of thioether (sulfide) groups is 1. The zero-order valence-electron chi connectivity index (χ0n) is 17.5. The van der Waals surface area contributed by atoms with Crippen LogP contribution in [-0.2, 0) is 9.59 Å². The van der Waals surface area contributed by atoms with E-state index in [-0.39, 0.29) is 31.1 Å². The van der Waals surface area contributed by atoms with E-state index in [1.807, 2.05) is 0 Å². The van der Waals surface area contributed by atoms with Crippen molar-refractivity contribution in [2.45, 2.75) is 49.8 Å². The normalized spacial score (nSPS) is 20.0. The molecule has 0 spiro atoms. The van der Waals surface area contributed by atoms with Crippen LogP contribution in [0.2, 0.25) is 0 Å². The number of amides is 2. The topological polar surface area (TPSA) is 131 Å². The van der Waals surface area contributed by atoms with Gasteiger partial charge in [0.25, 0.3) is 0 Å². The van der Waals surface area contributed by atoms with Crippen molar-refractivity contribution in [1.29, 1.82) is 0 Å². The third-order valence-electron chi connectivity index (χ3n) is 5.76. The minimum Gasteiger partial charge on any atom is -0.391 e. The number of β-amino-alcohol motifs (C(OH)–C–C–N with tert-alkyl or cyclic N) is 1. The van der Waals surface area contributed by atoms with E-state index < -0.39 is 23.7 Å².